The Balaban J connectivity index is 2.04. The number of carbonyl (C=O) groups excluding carboxylic acids is 1. The Hall–Kier alpha value is -1.10. The number of nitrogens with zero attached hydrogens (tertiary/aromatic N) is 1. The number of carboxylic acids is 1. The lowest BCUT2D eigenvalue weighted by Crippen LogP contribution is -2.46. The molecule has 0 spiro atoms. The van der Waals surface area contributed by atoms with Gasteiger partial charge in [-0.2, -0.15) is 0 Å². The van der Waals surface area contributed by atoms with Crippen LogP contribution in [0.1, 0.15) is 45.4 Å². The molecule has 1 aliphatic heterocycles. The van der Waals surface area contributed by atoms with E-state index in [2.05, 4.69) is 0 Å². The van der Waals surface area contributed by atoms with Crippen molar-refractivity contribution in [2.45, 2.75) is 57.5 Å². The van der Waals surface area contributed by atoms with Gasteiger partial charge in [0, 0.05) is 12.6 Å². The number of hydrogen-bond donors (Lipinski definition) is 1. The molecule has 19 heavy (non-hydrogen) atoms. The highest BCUT2D eigenvalue weighted by atomic mass is 16.5. The maximum Gasteiger partial charge on any atom is 0.326 e. The van der Waals surface area contributed by atoms with Crippen molar-refractivity contribution in [1.82, 2.24) is 4.90 Å². The lowest BCUT2D eigenvalue weighted by atomic mass is 9.84. The summed E-state index contributed by atoms with van der Waals surface area (Å²) in [5.41, 5.74) is 0. The molecule has 0 unspecified atom stereocenters. The Labute approximate surface area is 113 Å². The second kappa shape index (κ2) is 6.37. The molecule has 3 atom stereocenters. The van der Waals surface area contributed by atoms with E-state index in [1.807, 2.05) is 6.92 Å². The lowest BCUT2D eigenvalue weighted by Gasteiger charge is -2.33. The van der Waals surface area contributed by atoms with Crippen molar-refractivity contribution < 1.29 is 19.4 Å². The quantitative estimate of drug-likeness (QED) is 0.771. The molecule has 0 aromatic heterocycles. The minimum atomic E-state index is -0.862. The zero-order valence-corrected chi connectivity index (χ0v) is 11.5. The van der Waals surface area contributed by atoms with Crippen LogP contribution in [0.5, 0.6) is 0 Å². The average molecular weight is 269 g/mol. The fourth-order valence-corrected chi connectivity index (χ4v) is 3.47. The molecule has 2 fully saturated rings. The van der Waals surface area contributed by atoms with Crippen LogP contribution in [-0.4, -0.2) is 47.2 Å². The fraction of sp³-hybridized carbons (Fsp3) is 0.857. The summed E-state index contributed by atoms with van der Waals surface area (Å²) in [4.78, 5) is 25.3. The molecule has 0 radical (unpaired) electrons. The third-order valence-corrected chi connectivity index (χ3v) is 4.33. The Bertz CT molecular complexity index is 344. The predicted octanol–water partition coefficient (Wildman–Crippen LogP) is 1.66. The van der Waals surface area contributed by atoms with E-state index in [9.17, 15) is 14.7 Å². The number of fused-ring (bicyclic) bond motifs is 1. The van der Waals surface area contributed by atoms with Crippen molar-refractivity contribution in [2.24, 2.45) is 5.92 Å². The van der Waals surface area contributed by atoms with Gasteiger partial charge in [0.1, 0.15) is 6.04 Å². The van der Waals surface area contributed by atoms with Gasteiger partial charge < -0.3 is 14.7 Å². The van der Waals surface area contributed by atoms with Crippen LogP contribution in [0.3, 0.4) is 0 Å². The summed E-state index contributed by atoms with van der Waals surface area (Å²) in [7, 11) is 0. The number of ether oxygens (including phenoxy) is 1. The second-order valence-electron chi connectivity index (χ2n) is 5.45. The second-order valence-corrected chi connectivity index (χ2v) is 5.45. The van der Waals surface area contributed by atoms with E-state index in [1.165, 1.54) is 0 Å². The van der Waals surface area contributed by atoms with Gasteiger partial charge >= 0.3 is 5.97 Å². The first kappa shape index (κ1) is 14.3. The SMILES string of the molecule is CCOCCC(=O)N1[C@H](C(=O)O)C[C@H]2CCCC[C@@H]21. The van der Waals surface area contributed by atoms with Gasteiger partial charge in [-0.25, -0.2) is 4.79 Å². The highest BCUT2D eigenvalue weighted by molar-refractivity contribution is 5.84. The zero-order chi connectivity index (χ0) is 13.8. The van der Waals surface area contributed by atoms with Gasteiger partial charge in [-0.05, 0) is 32.1 Å². The largest absolute Gasteiger partial charge is 0.480 e. The number of carboxylic acid groups (broad SMARTS) is 1. The molecule has 1 saturated heterocycles. The summed E-state index contributed by atoms with van der Waals surface area (Å²) in [5.74, 6) is -0.541. The van der Waals surface area contributed by atoms with Gasteiger partial charge in [0.25, 0.3) is 0 Å². The third-order valence-electron chi connectivity index (χ3n) is 4.33. The van der Waals surface area contributed by atoms with Crippen molar-refractivity contribution in [3.05, 3.63) is 0 Å². The minimum Gasteiger partial charge on any atom is -0.480 e. The molecular weight excluding hydrogens is 246 g/mol. The maximum absolute atomic E-state index is 12.3. The molecule has 108 valence electrons. The molecule has 2 aliphatic rings. The summed E-state index contributed by atoms with van der Waals surface area (Å²) in [6.07, 6.45) is 5.19. The number of aliphatic carboxylic acids is 1. The van der Waals surface area contributed by atoms with Crippen molar-refractivity contribution in [1.29, 1.82) is 0 Å². The topological polar surface area (TPSA) is 66.8 Å². The van der Waals surface area contributed by atoms with Crippen molar-refractivity contribution >= 4 is 11.9 Å². The Kier molecular flexibility index (Phi) is 4.80. The van der Waals surface area contributed by atoms with Gasteiger partial charge in [0.15, 0.2) is 0 Å². The van der Waals surface area contributed by atoms with Gasteiger partial charge in [-0.15, -0.1) is 0 Å². The van der Waals surface area contributed by atoms with Gasteiger partial charge in [-0.1, -0.05) is 12.8 Å². The predicted molar refractivity (Wildman–Crippen MR) is 69.7 cm³/mol. The fourth-order valence-electron chi connectivity index (χ4n) is 3.47. The number of likely N-dealkylation sites (tertiary alicyclic amines) is 1. The molecule has 5 nitrogen and oxygen atoms in total. The zero-order valence-electron chi connectivity index (χ0n) is 11.5. The monoisotopic (exact) mass is 269 g/mol. The maximum atomic E-state index is 12.3. The molecule has 1 heterocycles. The first-order valence-electron chi connectivity index (χ1n) is 7.26. The van der Waals surface area contributed by atoms with E-state index in [0.29, 0.717) is 32.0 Å². The highest BCUT2D eigenvalue weighted by Gasteiger charge is 2.47. The molecule has 0 aromatic carbocycles. The van der Waals surface area contributed by atoms with Crippen LogP contribution in [0.15, 0.2) is 0 Å². The van der Waals surface area contributed by atoms with E-state index >= 15 is 0 Å². The van der Waals surface area contributed by atoms with Crippen LogP contribution < -0.4 is 0 Å². The van der Waals surface area contributed by atoms with E-state index in [4.69, 9.17) is 4.74 Å². The van der Waals surface area contributed by atoms with Crippen LogP contribution in [0, 0.1) is 5.92 Å². The van der Waals surface area contributed by atoms with E-state index in [-0.39, 0.29) is 11.9 Å². The number of carbonyl (C=O) groups is 2. The molecule has 2 rings (SSSR count). The molecule has 5 heteroatoms. The van der Waals surface area contributed by atoms with Gasteiger partial charge in [0.2, 0.25) is 5.91 Å². The molecule has 1 N–H and O–H groups in total. The van der Waals surface area contributed by atoms with Crippen LogP contribution in [0.2, 0.25) is 0 Å². The molecular formula is C14H23NO4. The number of amides is 1. The van der Waals surface area contributed by atoms with E-state index < -0.39 is 12.0 Å². The first-order chi connectivity index (χ1) is 9.15. The van der Waals surface area contributed by atoms with Crippen LogP contribution in [0.25, 0.3) is 0 Å². The van der Waals surface area contributed by atoms with E-state index in [0.717, 1.165) is 25.7 Å². The number of hydrogen-bond acceptors (Lipinski definition) is 3. The highest BCUT2D eigenvalue weighted by Crippen LogP contribution is 2.40. The van der Waals surface area contributed by atoms with Crippen LogP contribution >= 0.6 is 0 Å². The summed E-state index contributed by atoms with van der Waals surface area (Å²) in [6, 6.07) is -0.480. The first-order valence-corrected chi connectivity index (χ1v) is 7.26. The van der Waals surface area contributed by atoms with Gasteiger partial charge in [0.05, 0.1) is 13.0 Å². The number of rotatable bonds is 5. The molecule has 1 saturated carbocycles. The summed E-state index contributed by atoms with van der Waals surface area (Å²) < 4.78 is 5.20. The average Bonchev–Trinajstić information content (AvgIpc) is 2.78. The van der Waals surface area contributed by atoms with Crippen molar-refractivity contribution in [2.75, 3.05) is 13.2 Å². The third kappa shape index (κ3) is 3.08. The van der Waals surface area contributed by atoms with Gasteiger partial charge in [-0.3, -0.25) is 4.79 Å². The summed E-state index contributed by atoms with van der Waals surface area (Å²) in [6.45, 7) is 2.86. The summed E-state index contributed by atoms with van der Waals surface area (Å²) >= 11 is 0. The normalized spacial score (nSPS) is 30.2. The molecule has 0 bridgehead atoms. The van der Waals surface area contributed by atoms with Crippen LogP contribution in [0.4, 0.5) is 0 Å². The lowest BCUT2D eigenvalue weighted by molar-refractivity contribution is -0.150. The molecule has 1 aliphatic carbocycles. The molecule has 0 aromatic rings. The van der Waals surface area contributed by atoms with E-state index in [1.54, 1.807) is 4.90 Å². The Morgan fingerprint density at radius 1 is 1.32 bits per heavy atom. The van der Waals surface area contributed by atoms with Crippen molar-refractivity contribution in [3.8, 4) is 0 Å². The summed E-state index contributed by atoms with van der Waals surface area (Å²) in [5, 5.41) is 9.33. The molecule has 1 amide bonds. The standard InChI is InChI=1S/C14H23NO4/c1-2-19-8-7-13(16)15-11-6-4-3-5-10(11)9-12(15)14(17)18/h10-12H,2-9H2,1H3,(H,17,18)/t10-,11+,12+/m1/s1. The smallest absolute Gasteiger partial charge is 0.326 e. The Morgan fingerprint density at radius 2 is 2.05 bits per heavy atom. The van der Waals surface area contributed by atoms with Crippen molar-refractivity contribution in [3.63, 3.8) is 0 Å². The Morgan fingerprint density at radius 3 is 2.74 bits per heavy atom. The minimum absolute atomic E-state index is 0.0600. The van der Waals surface area contributed by atoms with Crippen LogP contribution in [-0.2, 0) is 14.3 Å².